The lowest BCUT2D eigenvalue weighted by molar-refractivity contribution is -0.200. The number of ether oxygens (including phenoxy) is 2. The summed E-state index contributed by atoms with van der Waals surface area (Å²) in [6, 6.07) is 4.55. The van der Waals surface area contributed by atoms with Crippen molar-refractivity contribution < 1.29 is 37.0 Å². The zero-order chi connectivity index (χ0) is 18.2. The second-order valence-electron chi connectivity index (χ2n) is 4.11. The first-order valence-electron chi connectivity index (χ1n) is 6.55. The lowest BCUT2D eigenvalue weighted by Gasteiger charge is -2.02. The molecule has 0 aromatic carbocycles. The first kappa shape index (κ1) is 19.1. The SMILES string of the molecule is CCOC(=O)/C=C/c1cccc(/C=C/C(=O)OC(=O)C(F)(F)F)n1. The molecule has 0 saturated heterocycles. The normalized spacial score (nSPS) is 11.7. The Labute approximate surface area is 134 Å². The maximum absolute atomic E-state index is 11.9. The molecule has 0 radical (unpaired) electrons. The van der Waals surface area contributed by atoms with E-state index in [-0.39, 0.29) is 12.3 Å². The molecule has 128 valence electrons. The number of nitrogens with zero attached hydrogens (tertiary/aromatic N) is 1. The fourth-order valence-corrected chi connectivity index (χ4v) is 1.34. The zero-order valence-electron chi connectivity index (χ0n) is 12.4. The van der Waals surface area contributed by atoms with Crippen molar-refractivity contribution in [3.05, 3.63) is 41.7 Å². The van der Waals surface area contributed by atoms with Crippen LogP contribution in [0.25, 0.3) is 12.2 Å². The minimum Gasteiger partial charge on any atom is -0.463 e. The van der Waals surface area contributed by atoms with Crippen LogP contribution in [0.2, 0.25) is 0 Å². The van der Waals surface area contributed by atoms with E-state index in [9.17, 15) is 27.6 Å². The molecule has 0 aliphatic carbocycles. The quantitative estimate of drug-likeness (QED) is 0.463. The highest BCUT2D eigenvalue weighted by Crippen LogP contribution is 2.16. The maximum atomic E-state index is 11.9. The second-order valence-corrected chi connectivity index (χ2v) is 4.11. The third-order valence-corrected chi connectivity index (χ3v) is 2.28. The predicted molar refractivity (Wildman–Crippen MR) is 76.1 cm³/mol. The Kier molecular flexibility index (Phi) is 6.84. The lowest BCUT2D eigenvalue weighted by atomic mass is 10.2. The molecule has 0 N–H and O–H groups in total. The Hall–Kier alpha value is -2.97. The molecule has 24 heavy (non-hydrogen) atoms. The molecule has 0 aliphatic heterocycles. The number of hydrogen-bond acceptors (Lipinski definition) is 6. The van der Waals surface area contributed by atoms with Gasteiger partial charge in [-0.3, -0.25) is 0 Å². The number of esters is 3. The molecule has 0 saturated carbocycles. The number of carbonyl (C=O) groups excluding carboxylic acids is 3. The Morgan fingerprint density at radius 1 is 1.08 bits per heavy atom. The molecule has 0 atom stereocenters. The molecule has 0 fully saturated rings. The number of carbonyl (C=O) groups is 3. The van der Waals surface area contributed by atoms with Gasteiger partial charge in [-0.1, -0.05) is 6.07 Å². The number of hydrogen-bond donors (Lipinski definition) is 0. The summed E-state index contributed by atoms with van der Waals surface area (Å²) >= 11 is 0. The maximum Gasteiger partial charge on any atom is 0.491 e. The highest BCUT2D eigenvalue weighted by molar-refractivity contribution is 5.96. The molecule has 0 aliphatic rings. The van der Waals surface area contributed by atoms with Gasteiger partial charge in [-0.25, -0.2) is 19.4 Å². The number of aromatic nitrogens is 1. The van der Waals surface area contributed by atoms with Crippen LogP contribution in [0.3, 0.4) is 0 Å². The Morgan fingerprint density at radius 3 is 2.12 bits per heavy atom. The average Bonchev–Trinajstić information content (AvgIpc) is 2.51. The largest absolute Gasteiger partial charge is 0.491 e. The van der Waals surface area contributed by atoms with Crippen molar-refractivity contribution in [2.24, 2.45) is 0 Å². The summed E-state index contributed by atoms with van der Waals surface area (Å²) in [6.45, 7) is 1.87. The highest BCUT2D eigenvalue weighted by atomic mass is 19.4. The van der Waals surface area contributed by atoms with Gasteiger partial charge in [-0.15, -0.1) is 0 Å². The van der Waals surface area contributed by atoms with Crippen molar-refractivity contribution >= 4 is 30.1 Å². The van der Waals surface area contributed by atoms with Gasteiger partial charge in [0.15, 0.2) is 0 Å². The van der Waals surface area contributed by atoms with Gasteiger partial charge < -0.3 is 9.47 Å². The first-order chi connectivity index (χ1) is 11.2. The summed E-state index contributed by atoms with van der Waals surface area (Å²) in [6.07, 6.45) is -1.05. The van der Waals surface area contributed by atoms with E-state index in [4.69, 9.17) is 0 Å². The van der Waals surface area contributed by atoms with E-state index in [1.165, 1.54) is 12.1 Å². The summed E-state index contributed by atoms with van der Waals surface area (Å²) in [4.78, 5) is 36.8. The van der Waals surface area contributed by atoms with Gasteiger partial charge in [0.25, 0.3) is 0 Å². The van der Waals surface area contributed by atoms with Crippen LogP contribution in [0, 0.1) is 0 Å². The molecule has 1 rings (SSSR count). The molecule has 0 bridgehead atoms. The van der Waals surface area contributed by atoms with Gasteiger partial charge >= 0.3 is 24.1 Å². The van der Waals surface area contributed by atoms with E-state index >= 15 is 0 Å². The number of pyridine rings is 1. The molecule has 1 aromatic rings. The van der Waals surface area contributed by atoms with Crippen LogP contribution in [-0.2, 0) is 23.9 Å². The van der Waals surface area contributed by atoms with Crippen molar-refractivity contribution in [1.29, 1.82) is 0 Å². The fourth-order valence-electron chi connectivity index (χ4n) is 1.34. The van der Waals surface area contributed by atoms with Gasteiger partial charge in [-0.05, 0) is 31.2 Å². The van der Waals surface area contributed by atoms with E-state index in [0.717, 1.165) is 12.2 Å². The molecule has 1 aromatic heterocycles. The minimum absolute atomic E-state index is 0.206. The van der Waals surface area contributed by atoms with E-state index in [1.54, 1.807) is 19.1 Å². The van der Waals surface area contributed by atoms with Gasteiger partial charge in [0.05, 0.1) is 18.0 Å². The van der Waals surface area contributed by atoms with E-state index < -0.39 is 24.1 Å². The molecule has 9 heteroatoms. The number of rotatable bonds is 5. The third kappa shape index (κ3) is 6.86. The Balaban J connectivity index is 2.72. The monoisotopic (exact) mass is 343 g/mol. The molecular formula is C15H12F3NO5. The van der Waals surface area contributed by atoms with Crippen molar-refractivity contribution in [3.8, 4) is 0 Å². The topological polar surface area (TPSA) is 82.6 Å². The van der Waals surface area contributed by atoms with Crippen molar-refractivity contribution in [2.45, 2.75) is 13.1 Å². The zero-order valence-corrected chi connectivity index (χ0v) is 12.4. The van der Waals surface area contributed by atoms with Gasteiger partial charge in [0, 0.05) is 12.2 Å². The summed E-state index contributed by atoms with van der Waals surface area (Å²) < 4.78 is 44.0. The molecular weight excluding hydrogens is 331 g/mol. The first-order valence-corrected chi connectivity index (χ1v) is 6.55. The van der Waals surface area contributed by atoms with Gasteiger partial charge in [0.1, 0.15) is 0 Å². The third-order valence-electron chi connectivity index (χ3n) is 2.28. The van der Waals surface area contributed by atoms with Crippen LogP contribution in [0.15, 0.2) is 30.4 Å². The highest BCUT2D eigenvalue weighted by Gasteiger charge is 2.42. The second kappa shape index (κ2) is 8.61. The smallest absolute Gasteiger partial charge is 0.463 e. The van der Waals surface area contributed by atoms with E-state index in [2.05, 4.69) is 14.5 Å². The Bertz CT molecular complexity index is 680. The fraction of sp³-hybridized carbons (Fsp3) is 0.200. The van der Waals surface area contributed by atoms with E-state index in [1.807, 2.05) is 0 Å². The molecule has 0 amide bonds. The van der Waals surface area contributed by atoms with Crippen molar-refractivity contribution in [3.63, 3.8) is 0 Å². The summed E-state index contributed by atoms with van der Waals surface area (Å²) in [5.41, 5.74) is 0.558. The predicted octanol–water partition coefficient (Wildman–Crippen LogP) is 2.30. The Morgan fingerprint density at radius 2 is 1.62 bits per heavy atom. The standard InChI is InChI=1S/C15H12F3NO5/c1-2-23-12(20)8-6-10-4-3-5-11(19-10)7-9-13(21)24-14(22)15(16,17)18/h3-9H,2H2,1H3/b8-6+,9-7+. The molecule has 6 nitrogen and oxygen atoms in total. The molecule has 0 spiro atoms. The summed E-state index contributed by atoms with van der Waals surface area (Å²) in [5, 5.41) is 0. The molecule has 1 heterocycles. The lowest BCUT2D eigenvalue weighted by Crippen LogP contribution is -2.27. The van der Waals surface area contributed by atoms with Gasteiger partial charge in [-0.2, -0.15) is 13.2 Å². The van der Waals surface area contributed by atoms with Crippen LogP contribution in [0.4, 0.5) is 13.2 Å². The summed E-state index contributed by atoms with van der Waals surface area (Å²) in [7, 11) is 0. The number of halogens is 3. The van der Waals surface area contributed by atoms with Crippen LogP contribution in [-0.4, -0.2) is 35.7 Å². The van der Waals surface area contributed by atoms with Crippen LogP contribution >= 0.6 is 0 Å². The van der Waals surface area contributed by atoms with E-state index in [0.29, 0.717) is 11.8 Å². The summed E-state index contributed by atoms with van der Waals surface area (Å²) in [5.74, 6) is -4.64. The van der Waals surface area contributed by atoms with Crippen LogP contribution < -0.4 is 0 Å². The van der Waals surface area contributed by atoms with Crippen LogP contribution in [0.1, 0.15) is 18.3 Å². The average molecular weight is 343 g/mol. The van der Waals surface area contributed by atoms with Crippen molar-refractivity contribution in [1.82, 2.24) is 4.98 Å². The molecule has 0 unspecified atom stereocenters. The van der Waals surface area contributed by atoms with Crippen LogP contribution in [0.5, 0.6) is 0 Å². The number of alkyl halides is 3. The minimum atomic E-state index is -5.25. The van der Waals surface area contributed by atoms with Gasteiger partial charge in [0.2, 0.25) is 0 Å². The van der Waals surface area contributed by atoms with Crippen molar-refractivity contribution in [2.75, 3.05) is 6.61 Å².